The maximum Gasteiger partial charge on any atom is 0.391 e. The summed E-state index contributed by atoms with van der Waals surface area (Å²) in [6.45, 7) is 8.86. The lowest BCUT2D eigenvalue weighted by Gasteiger charge is -1.99. The van der Waals surface area contributed by atoms with Crippen molar-refractivity contribution in [3.05, 3.63) is 226 Å². The number of rotatable bonds is 12. The number of aryl methyl sites for hydroxylation is 1. The highest BCUT2D eigenvalue weighted by atomic mass is 35.5. The predicted octanol–water partition coefficient (Wildman–Crippen LogP) is 8.27. The Bertz CT molecular complexity index is 3710. The van der Waals surface area contributed by atoms with Gasteiger partial charge in [-0.15, -0.1) is 20.4 Å². The Morgan fingerprint density at radius 3 is 1.40 bits per heavy atom. The largest absolute Gasteiger partial charge is 0.460 e. The molecule has 0 saturated carbocycles. The average molecular weight is 1270 g/mol. The van der Waals surface area contributed by atoms with Gasteiger partial charge in [-0.05, 0) is 150 Å². The van der Waals surface area contributed by atoms with Crippen molar-refractivity contribution in [2.75, 3.05) is 39.6 Å². The molecule has 468 valence electrons. The first kappa shape index (κ1) is 71.5. The minimum absolute atomic E-state index is 0.0453. The number of ether oxygens (including phenoxy) is 2. The van der Waals surface area contributed by atoms with E-state index < -0.39 is 5.97 Å². The summed E-state index contributed by atoms with van der Waals surface area (Å²) < 4.78 is 78.6. The number of carbonyl (C=O) groups excluding carboxylic acids is 2. The van der Waals surface area contributed by atoms with Gasteiger partial charge in [-0.2, -0.15) is 0 Å². The van der Waals surface area contributed by atoms with Crippen LogP contribution in [0, 0.1) is 35.7 Å². The number of nitrogens with two attached hydrogens (primary N) is 2. The van der Waals surface area contributed by atoms with Crippen molar-refractivity contribution >= 4 is 40.8 Å². The Morgan fingerprint density at radius 2 is 1.02 bits per heavy atom. The monoisotopic (exact) mass is 1270 g/mol. The van der Waals surface area contributed by atoms with Gasteiger partial charge >= 0.3 is 18.5 Å². The molecule has 0 unspecified atom stereocenters. The lowest BCUT2D eigenvalue weighted by atomic mass is 10.3. The van der Waals surface area contributed by atoms with Gasteiger partial charge in [0.15, 0.2) is 17.5 Å². The Kier molecular flexibility index (Phi) is 31.3. The van der Waals surface area contributed by atoms with E-state index in [1.807, 2.05) is 7.05 Å². The van der Waals surface area contributed by atoms with Crippen LogP contribution >= 0.6 is 23.2 Å². The maximum atomic E-state index is 13.0. The Labute approximate surface area is 517 Å². The van der Waals surface area contributed by atoms with E-state index in [1.165, 1.54) is 101 Å². The minimum Gasteiger partial charge on any atom is -0.460 e. The molecule has 10 aromatic rings. The van der Waals surface area contributed by atoms with Gasteiger partial charge in [0.2, 0.25) is 5.28 Å². The summed E-state index contributed by atoms with van der Waals surface area (Å²) in [4.78, 5) is 48.1. The molecule has 0 saturated heterocycles. The zero-order valence-electron chi connectivity index (χ0n) is 48.3. The number of nitrogens with zero attached hydrogens (tertiary/aromatic N) is 15. The molecule has 5 aromatic carbocycles. The van der Waals surface area contributed by atoms with Crippen LogP contribution < -0.4 is 16.8 Å². The van der Waals surface area contributed by atoms with Crippen molar-refractivity contribution in [1.29, 1.82) is 0 Å². The highest BCUT2D eigenvalue weighted by Crippen LogP contribution is 2.27. The lowest BCUT2D eigenvalue weighted by Crippen LogP contribution is -2.07. The molecule has 89 heavy (non-hydrogen) atoms. The maximum absolute atomic E-state index is 13.0. The number of nitrogen functional groups attached to an aromatic ring is 1. The molecule has 11 rings (SSSR count). The van der Waals surface area contributed by atoms with Gasteiger partial charge in [0.1, 0.15) is 72.8 Å². The van der Waals surface area contributed by atoms with E-state index in [9.17, 15) is 31.5 Å². The Morgan fingerprint density at radius 1 is 0.607 bits per heavy atom. The smallest absolute Gasteiger partial charge is 0.391 e. The van der Waals surface area contributed by atoms with E-state index in [1.54, 1.807) is 85.5 Å². The molecule has 0 spiro atoms. The van der Waals surface area contributed by atoms with Crippen LogP contribution in [-0.4, -0.2) is 125 Å². The van der Waals surface area contributed by atoms with Crippen LogP contribution in [-0.2, 0) is 46.9 Å². The van der Waals surface area contributed by atoms with Crippen molar-refractivity contribution in [1.82, 2.24) is 74.3 Å². The van der Waals surface area contributed by atoms with Crippen molar-refractivity contribution in [2.24, 2.45) is 5.73 Å². The number of hydrogen-bond acceptors (Lipinski definition) is 19. The number of aliphatic hydroxyl groups excluding tert-OH is 2. The van der Waals surface area contributed by atoms with Gasteiger partial charge in [-0.3, -0.25) is 0 Å². The topological polar surface area (TPSA) is 310 Å². The van der Waals surface area contributed by atoms with E-state index in [2.05, 4.69) is 77.5 Å². The fourth-order valence-electron chi connectivity index (χ4n) is 6.95. The van der Waals surface area contributed by atoms with Crippen molar-refractivity contribution in [3.8, 4) is 29.3 Å². The van der Waals surface area contributed by atoms with Gasteiger partial charge in [0.25, 0.3) is 12.4 Å². The first-order chi connectivity index (χ1) is 42.9. The normalized spacial score (nSPS) is 10.4. The molecule has 7 N–H and O–H groups in total. The third kappa shape index (κ3) is 25.1. The number of anilines is 1. The fourth-order valence-corrected chi connectivity index (χ4v) is 7.46. The second-order valence-electron chi connectivity index (χ2n) is 17.1. The molecule has 1 aliphatic rings. The number of esters is 2. The summed E-state index contributed by atoms with van der Waals surface area (Å²) in [5.74, 6) is -1.31. The van der Waals surface area contributed by atoms with Crippen molar-refractivity contribution in [2.45, 2.75) is 52.9 Å². The van der Waals surface area contributed by atoms with Gasteiger partial charge < -0.3 is 36.5 Å². The second-order valence-corrected chi connectivity index (χ2v) is 17.8. The molecular weight excluding hydrogens is 1210 g/mol. The van der Waals surface area contributed by atoms with Gasteiger partial charge in [-0.25, -0.2) is 80.2 Å². The van der Waals surface area contributed by atoms with Crippen LogP contribution in [0.4, 0.5) is 27.6 Å². The quantitative estimate of drug-likeness (QED) is 0.0252. The van der Waals surface area contributed by atoms with Crippen LogP contribution in [0.2, 0.25) is 10.4 Å². The van der Waals surface area contributed by atoms with Crippen LogP contribution in [0.5, 0.6) is 0 Å². The number of benzene rings is 5. The number of aliphatic hydroxyl groups is 2. The minimum atomic E-state index is -0.595. The fraction of sp³-hybridized carbons (Fsp3) is 0.224. The molecular formula is C58H62Cl2F5N18O6+. The third-order valence-electron chi connectivity index (χ3n) is 10.7. The number of fused-ring (bicyclic) bond motifs is 1. The standard InChI is InChI=1S/C11H10FN3O2.C10H11FN4.2C9H8FN3O.C7H6Cl2N2.C6H6FN.C5H8NO2.CH5N/c1-2-17-11(16)10-13-7-15(14-10)9-5-3-4-8(12)6-9;1-12-6-10-13-7-15(14-10)9-4-2-3-8(11)5-9;2*10-7-2-1-3-8(4-7)13-6-11-9(5-14)12-13;8-6-4-2-1-3-5(4)10-7(9)11-6;7-5-2-1-3-6(8)4-5;1-3-8-5(7)4-6-2;1-2/h3-7H,2H2,1H3;2-5,7,12H,6H2,1H3;2*1-4,6,14H,5H2;1-3H2;1-4H,8H2;2H,3-4H2,1H3;2H2,1H3/q;;;;;;+1;. The molecule has 0 atom stereocenters. The van der Waals surface area contributed by atoms with Crippen LogP contribution in [0.1, 0.15) is 59.6 Å². The highest BCUT2D eigenvalue weighted by Gasteiger charge is 2.17. The van der Waals surface area contributed by atoms with E-state index in [4.69, 9.17) is 43.9 Å². The highest BCUT2D eigenvalue weighted by molar-refractivity contribution is 6.32. The van der Waals surface area contributed by atoms with Crippen LogP contribution in [0.3, 0.4) is 0 Å². The Balaban J connectivity index is 0.000000224. The molecule has 0 bridgehead atoms. The van der Waals surface area contributed by atoms with Crippen molar-refractivity contribution in [3.63, 3.8) is 0 Å². The third-order valence-corrected chi connectivity index (χ3v) is 11.2. The SMILES string of the molecule is C#[N+]CC(=O)OCC.CCOC(=O)c1ncn(-c2cccc(F)c2)n1.CN.CNCc1ncn(-c2cccc(F)c2)n1.Clc1nc(Cl)c2c(n1)CCC2.Nc1cccc(F)c1.OCc1ncn(-c2cccc(F)c2)n1.OCc1ncn(-c2cccc(F)c2)n1. The number of nitrogens with one attached hydrogen (secondary N) is 1. The number of aromatic nitrogens is 14. The van der Waals surface area contributed by atoms with Gasteiger partial charge in [0.05, 0.1) is 48.2 Å². The molecule has 0 radical (unpaired) electrons. The average Bonchev–Trinajstić information content (AvgIpc) is 3.38. The Hall–Kier alpha value is -9.96. The first-order valence-electron chi connectivity index (χ1n) is 26.5. The van der Waals surface area contributed by atoms with Crippen LogP contribution in [0.25, 0.3) is 27.6 Å². The molecule has 0 aliphatic heterocycles. The summed E-state index contributed by atoms with van der Waals surface area (Å²) in [7, 11) is 3.32. The van der Waals surface area contributed by atoms with E-state index in [-0.39, 0.29) is 72.5 Å². The number of hydrogen-bond donors (Lipinski definition) is 5. The molecule has 0 fully saturated rings. The number of carbonyl (C=O) groups is 2. The van der Waals surface area contributed by atoms with Gasteiger partial charge in [-0.1, -0.05) is 46.8 Å². The molecule has 24 nitrogen and oxygen atoms in total. The summed E-state index contributed by atoms with van der Waals surface area (Å²) in [6.07, 6.45) is 8.86. The van der Waals surface area contributed by atoms with Crippen LogP contribution in [0.15, 0.2) is 147 Å². The second kappa shape index (κ2) is 39.0. The summed E-state index contributed by atoms with van der Waals surface area (Å²) in [5.41, 5.74) is 14.6. The first-order valence-corrected chi connectivity index (χ1v) is 27.2. The van der Waals surface area contributed by atoms with E-state index >= 15 is 0 Å². The van der Waals surface area contributed by atoms with E-state index in [0.717, 1.165) is 30.5 Å². The molecule has 31 heteroatoms. The van der Waals surface area contributed by atoms with Crippen molar-refractivity contribution < 1.29 is 51.2 Å². The lowest BCUT2D eigenvalue weighted by molar-refractivity contribution is -0.140. The molecule has 1 aliphatic carbocycles. The summed E-state index contributed by atoms with van der Waals surface area (Å²) in [6, 6.07) is 29.9. The molecule has 5 heterocycles. The molecule has 5 aromatic heterocycles. The zero-order chi connectivity index (χ0) is 65.1. The van der Waals surface area contributed by atoms with E-state index in [0.29, 0.717) is 64.2 Å². The van der Waals surface area contributed by atoms with Gasteiger partial charge in [0, 0.05) is 11.3 Å². The predicted molar refractivity (Wildman–Crippen MR) is 321 cm³/mol. The zero-order valence-corrected chi connectivity index (χ0v) is 49.8. The summed E-state index contributed by atoms with van der Waals surface area (Å²) >= 11 is 11.5. The number of halogens is 7. The molecule has 0 amide bonds. The summed E-state index contributed by atoms with van der Waals surface area (Å²) in [5, 5.41) is 37.2.